The second-order valence-electron chi connectivity index (χ2n) is 10.6. The molecule has 47 heavy (non-hydrogen) atoms. The maximum absolute atomic E-state index is 13.3. The largest absolute Gasteiger partial charge is 0.472 e. The van der Waals surface area contributed by atoms with Gasteiger partial charge in [0.05, 0.1) is 25.9 Å². The molecule has 10 atom stereocenters. The molecule has 6 rings (SSSR count). The first kappa shape index (κ1) is 33.5. The Hall–Kier alpha value is -3.44. The van der Waals surface area contributed by atoms with Crippen molar-refractivity contribution < 1.29 is 56.9 Å². The molecule has 0 aliphatic carbocycles. The molecule has 4 unspecified atom stereocenters. The molecule has 0 aromatic carbocycles. The lowest BCUT2D eigenvalue weighted by Gasteiger charge is -2.26. The van der Waals surface area contributed by atoms with Gasteiger partial charge < -0.3 is 50.2 Å². The number of nitrogens with two attached hydrogens (primary N) is 2. The molecule has 9 N–H and O–H groups in total. The van der Waals surface area contributed by atoms with Crippen LogP contribution in [0.15, 0.2) is 23.8 Å². The SMILES string of the molecule is COC1[C@@H](OP(=O)(O)OC[C@H]2O[C@@H](n3cnc4c(=O)[nH]c(N)nc43)C(O)[C@H]2O)[C@@H](COP(C)(=O)O)O[C@H]1n1cnc2c(N)ncnc21. The summed E-state index contributed by atoms with van der Waals surface area (Å²) < 4.78 is 60.7. The predicted molar refractivity (Wildman–Crippen MR) is 155 cm³/mol. The van der Waals surface area contributed by atoms with Gasteiger partial charge in [0, 0.05) is 13.8 Å². The van der Waals surface area contributed by atoms with E-state index in [1.54, 1.807) is 0 Å². The van der Waals surface area contributed by atoms with Crippen molar-refractivity contribution in [1.29, 1.82) is 0 Å². The van der Waals surface area contributed by atoms with Crippen LogP contribution in [0.2, 0.25) is 0 Å². The molecule has 25 heteroatoms. The van der Waals surface area contributed by atoms with Crippen molar-refractivity contribution in [2.45, 2.75) is 49.1 Å². The number of phosphoric ester groups is 1. The first-order chi connectivity index (χ1) is 22.2. The normalized spacial score (nSPS) is 30.6. The highest BCUT2D eigenvalue weighted by atomic mass is 31.2. The van der Waals surface area contributed by atoms with Crippen LogP contribution < -0.4 is 17.0 Å². The Morgan fingerprint density at radius 3 is 2.28 bits per heavy atom. The van der Waals surface area contributed by atoms with Crippen molar-refractivity contribution in [3.8, 4) is 0 Å². The molecule has 0 radical (unpaired) electrons. The van der Waals surface area contributed by atoms with Crippen LogP contribution in [0.1, 0.15) is 12.5 Å². The van der Waals surface area contributed by atoms with Crippen LogP contribution in [-0.2, 0) is 36.9 Å². The molecule has 2 aliphatic heterocycles. The Morgan fingerprint density at radius 1 is 0.915 bits per heavy atom. The second kappa shape index (κ2) is 12.5. The maximum Gasteiger partial charge on any atom is 0.472 e. The molecule has 0 amide bonds. The number of methoxy groups -OCH3 is 1. The molecule has 2 fully saturated rings. The zero-order valence-electron chi connectivity index (χ0n) is 24.4. The number of H-pyrrole nitrogens is 1. The van der Waals surface area contributed by atoms with Gasteiger partial charge in [-0.05, 0) is 0 Å². The summed E-state index contributed by atoms with van der Waals surface area (Å²) >= 11 is 0. The monoisotopic (exact) mass is 704 g/mol. The van der Waals surface area contributed by atoms with Crippen LogP contribution in [0.3, 0.4) is 0 Å². The van der Waals surface area contributed by atoms with Gasteiger partial charge in [0.1, 0.15) is 48.5 Å². The van der Waals surface area contributed by atoms with Crippen LogP contribution >= 0.6 is 15.4 Å². The third kappa shape index (κ3) is 6.53. The van der Waals surface area contributed by atoms with Crippen LogP contribution in [0.4, 0.5) is 11.8 Å². The highest BCUT2D eigenvalue weighted by molar-refractivity contribution is 7.51. The number of rotatable bonds is 11. The van der Waals surface area contributed by atoms with Crippen molar-refractivity contribution in [2.24, 2.45) is 0 Å². The van der Waals surface area contributed by atoms with E-state index in [1.807, 2.05) is 0 Å². The first-order valence-electron chi connectivity index (χ1n) is 13.6. The molecule has 4 aromatic rings. The van der Waals surface area contributed by atoms with Gasteiger partial charge in [0.15, 0.2) is 35.1 Å². The number of aromatic nitrogens is 8. The first-order valence-corrected chi connectivity index (χ1v) is 17.1. The summed E-state index contributed by atoms with van der Waals surface area (Å²) in [5, 5.41) is 21.3. The van der Waals surface area contributed by atoms with Gasteiger partial charge in [-0.15, -0.1) is 0 Å². The van der Waals surface area contributed by atoms with E-state index in [2.05, 4.69) is 29.9 Å². The van der Waals surface area contributed by atoms with Crippen molar-refractivity contribution >= 4 is 49.5 Å². The fourth-order valence-corrected chi connectivity index (χ4v) is 6.67. The smallest absolute Gasteiger partial charge is 0.387 e. The van der Waals surface area contributed by atoms with Crippen LogP contribution in [-0.4, -0.2) is 123 Å². The fourth-order valence-electron chi connectivity index (χ4n) is 5.29. The molecule has 6 heterocycles. The van der Waals surface area contributed by atoms with Gasteiger partial charge in [0.25, 0.3) is 5.56 Å². The predicted octanol–water partition coefficient (Wildman–Crippen LogP) is -2.01. The Balaban J connectivity index is 1.20. The number of nitrogens with one attached hydrogen (secondary N) is 1. The number of anilines is 2. The number of hydrogen-bond donors (Lipinski definition) is 7. The molecule has 256 valence electrons. The minimum absolute atomic E-state index is 0.0470. The van der Waals surface area contributed by atoms with Crippen LogP contribution in [0.25, 0.3) is 22.3 Å². The number of imidazole rings is 2. The molecule has 0 spiro atoms. The van der Waals surface area contributed by atoms with Crippen molar-refractivity contribution in [3.05, 3.63) is 29.3 Å². The van der Waals surface area contributed by atoms with Gasteiger partial charge >= 0.3 is 15.4 Å². The summed E-state index contributed by atoms with van der Waals surface area (Å²) in [5.41, 5.74) is 11.2. The third-order valence-electron chi connectivity index (χ3n) is 7.42. The van der Waals surface area contributed by atoms with E-state index >= 15 is 0 Å². The molecule has 23 nitrogen and oxygen atoms in total. The fraction of sp³-hybridized carbons (Fsp3) is 0.545. The lowest BCUT2D eigenvalue weighted by molar-refractivity contribution is -0.0580. The lowest BCUT2D eigenvalue weighted by Crippen LogP contribution is -2.37. The molecule has 0 saturated carbocycles. The van der Waals surface area contributed by atoms with Crippen molar-refractivity contribution in [3.63, 3.8) is 0 Å². The average Bonchev–Trinajstić information content (AvgIpc) is 3.75. The molecule has 2 saturated heterocycles. The molecular weight excluding hydrogens is 674 g/mol. The Kier molecular flexibility index (Phi) is 8.93. The maximum atomic E-state index is 13.3. The summed E-state index contributed by atoms with van der Waals surface area (Å²) in [6.07, 6.45) is -7.35. The number of hydrogen-bond acceptors (Lipinski definition) is 18. The Bertz CT molecular complexity index is 1930. The van der Waals surface area contributed by atoms with E-state index in [0.29, 0.717) is 0 Å². The average molecular weight is 704 g/mol. The summed E-state index contributed by atoms with van der Waals surface area (Å²) in [6.45, 7) is -0.408. The lowest BCUT2D eigenvalue weighted by atomic mass is 10.1. The zero-order valence-corrected chi connectivity index (χ0v) is 26.2. The van der Waals surface area contributed by atoms with E-state index < -0.39 is 83.3 Å². The highest BCUT2D eigenvalue weighted by Gasteiger charge is 2.52. The number of phosphoric acid groups is 1. The third-order valence-corrected chi connectivity index (χ3v) is 9.03. The van der Waals surface area contributed by atoms with Gasteiger partial charge in [-0.1, -0.05) is 0 Å². The topological polar surface area (TPSA) is 330 Å². The number of nitrogens with zero attached hydrogens (tertiary/aromatic N) is 7. The summed E-state index contributed by atoms with van der Waals surface area (Å²) in [5.74, 6) is -0.154. The quantitative estimate of drug-likeness (QED) is 0.0829. The Labute approximate surface area is 262 Å². The molecular formula is C22H30N10O13P2. The minimum Gasteiger partial charge on any atom is -0.387 e. The highest BCUT2D eigenvalue weighted by Crippen LogP contribution is 2.50. The number of ether oxygens (including phenoxy) is 3. The standard InChI is InChI=1S/C22H30N10O13P2/c1-40-15-14(9(4-41-46(2,36)37)44-21(15)31-6-27-10-16(23)25-5-26-17(10)31)45-47(38,39)42-3-8-12(33)13(34)20(43-8)32-7-28-11-18(32)29-22(24)30-19(11)35/h5-9,12-15,20-21,33-34H,3-4H2,1-2H3,(H,36,37)(H,38,39)(H2,23,25,26)(H3,24,29,30,35)/t8-,9-,12+,13?,14+,15?,20-,21-/m1/s1. The van der Waals surface area contributed by atoms with E-state index in [1.165, 1.54) is 28.9 Å². The number of nitrogen functional groups attached to an aromatic ring is 2. The van der Waals surface area contributed by atoms with E-state index in [4.69, 9.17) is 39.2 Å². The van der Waals surface area contributed by atoms with Crippen LogP contribution in [0.5, 0.6) is 0 Å². The molecule has 4 aromatic heterocycles. The number of aromatic amines is 1. The molecule has 2 aliphatic rings. The summed E-state index contributed by atoms with van der Waals surface area (Å²) in [6, 6.07) is 0. The van der Waals surface area contributed by atoms with Crippen molar-refractivity contribution in [1.82, 2.24) is 39.0 Å². The van der Waals surface area contributed by atoms with Gasteiger partial charge in [-0.2, -0.15) is 4.98 Å². The van der Waals surface area contributed by atoms with E-state index in [9.17, 15) is 33.9 Å². The van der Waals surface area contributed by atoms with Gasteiger partial charge in [-0.25, -0.2) is 24.5 Å². The summed E-state index contributed by atoms with van der Waals surface area (Å²) in [7, 11) is -7.84. The Morgan fingerprint density at radius 2 is 1.57 bits per heavy atom. The molecule has 0 bridgehead atoms. The summed E-state index contributed by atoms with van der Waals surface area (Å²) in [4.78, 5) is 55.0. The van der Waals surface area contributed by atoms with E-state index in [0.717, 1.165) is 13.0 Å². The van der Waals surface area contributed by atoms with Crippen LogP contribution in [0, 0.1) is 0 Å². The number of aliphatic hydroxyl groups is 2. The minimum atomic E-state index is -5.07. The van der Waals surface area contributed by atoms with Crippen molar-refractivity contribution in [2.75, 3.05) is 38.5 Å². The number of aliphatic hydroxyl groups excluding tert-OH is 2. The number of fused-ring (bicyclic) bond motifs is 2. The zero-order chi connectivity index (χ0) is 33.8. The van der Waals surface area contributed by atoms with E-state index in [-0.39, 0.29) is 34.1 Å². The second-order valence-corrected chi connectivity index (χ2v) is 13.9. The van der Waals surface area contributed by atoms with Gasteiger partial charge in [0.2, 0.25) is 5.95 Å². The van der Waals surface area contributed by atoms with Gasteiger partial charge in [-0.3, -0.25) is 32.5 Å².